The van der Waals surface area contributed by atoms with Crippen LogP contribution in [-0.4, -0.2) is 47.8 Å². The molecule has 1 saturated heterocycles. The first-order valence-corrected chi connectivity index (χ1v) is 6.64. The van der Waals surface area contributed by atoms with Crippen molar-refractivity contribution in [2.24, 2.45) is 5.92 Å². The fourth-order valence-corrected chi connectivity index (χ4v) is 2.50. The lowest BCUT2D eigenvalue weighted by Crippen LogP contribution is -2.51. The third-order valence-corrected chi connectivity index (χ3v) is 3.25. The van der Waals surface area contributed by atoms with Crippen LogP contribution in [0.5, 0.6) is 0 Å². The van der Waals surface area contributed by atoms with E-state index in [2.05, 4.69) is 11.8 Å². The van der Waals surface area contributed by atoms with Crippen LogP contribution in [0, 0.1) is 5.92 Å². The standard InChI is InChI=1S/C13H25NO3/c1-4-8-17-11-6-5-7-14(9-11)12(10(2)3)13(15)16/h10-12H,4-9H2,1-3H3,(H,15,16). The number of likely N-dealkylation sites (tertiary alicyclic amines) is 1. The minimum atomic E-state index is -0.712. The molecule has 2 atom stereocenters. The molecule has 0 aromatic carbocycles. The summed E-state index contributed by atoms with van der Waals surface area (Å²) in [4.78, 5) is 13.3. The van der Waals surface area contributed by atoms with Crippen molar-refractivity contribution in [2.75, 3.05) is 19.7 Å². The van der Waals surface area contributed by atoms with E-state index >= 15 is 0 Å². The first-order valence-electron chi connectivity index (χ1n) is 6.64. The van der Waals surface area contributed by atoms with Gasteiger partial charge in [-0.2, -0.15) is 0 Å². The zero-order valence-electron chi connectivity index (χ0n) is 11.2. The van der Waals surface area contributed by atoms with Gasteiger partial charge in [-0.15, -0.1) is 0 Å². The van der Waals surface area contributed by atoms with Crippen LogP contribution in [0.2, 0.25) is 0 Å². The van der Waals surface area contributed by atoms with E-state index < -0.39 is 5.97 Å². The molecule has 0 radical (unpaired) electrons. The number of hydrogen-bond donors (Lipinski definition) is 1. The number of aliphatic carboxylic acids is 1. The number of rotatable bonds is 6. The van der Waals surface area contributed by atoms with Crippen LogP contribution >= 0.6 is 0 Å². The summed E-state index contributed by atoms with van der Waals surface area (Å²) in [6.07, 6.45) is 3.32. The van der Waals surface area contributed by atoms with E-state index in [9.17, 15) is 9.90 Å². The number of nitrogens with zero attached hydrogens (tertiary/aromatic N) is 1. The quantitative estimate of drug-likeness (QED) is 0.775. The number of carbonyl (C=O) groups is 1. The van der Waals surface area contributed by atoms with Crippen molar-refractivity contribution in [3.8, 4) is 0 Å². The normalized spacial score (nSPS) is 23.9. The van der Waals surface area contributed by atoms with Crippen molar-refractivity contribution in [3.63, 3.8) is 0 Å². The third kappa shape index (κ3) is 4.28. The molecule has 0 bridgehead atoms. The average molecular weight is 243 g/mol. The van der Waals surface area contributed by atoms with Gasteiger partial charge < -0.3 is 9.84 Å². The molecule has 2 unspecified atom stereocenters. The Hall–Kier alpha value is -0.610. The van der Waals surface area contributed by atoms with Gasteiger partial charge in [0.25, 0.3) is 0 Å². The summed E-state index contributed by atoms with van der Waals surface area (Å²) in [5, 5.41) is 9.28. The van der Waals surface area contributed by atoms with Crippen molar-refractivity contribution in [1.82, 2.24) is 4.90 Å². The highest BCUT2D eigenvalue weighted by atomic mass is 16.5. The Balaban J connectivity index is 2.54. The maximum atomic E-state index is 11.3. The van der Waals surface area contributed by atoms with Crippen LogP contribution in [0.1, 0.15) is 40.0 Å². The molecular formula is C13H25NO3. The summed E-state index contributed by atoms with van der Waals surface area (Å²) >= 11 is 0. The molecule has 0 spiro atoms. The van der Waals surface area contributed by atoms with Crippen LogP contribution in [0.3, 0.4) is 0 Å². The zero-order chi connectivity index (χ0) is 12.8. The minimum absolute atomic E-state index is 0.137. The molecule has 0 aromatic heterocycles. The lowest BCUT2D eigenvalue weighted by molar-refractivity contribution is -0.147. The largest absolute Gasteiger partial charge is 0.480 e. The van der Waals surface area contributed by atoms with Gasteiger partial charge in [-0.05, 0) is 31.7 Å². The molecular weight excluding hydrogens is 218 g/mol. The third-order valence-electron chi connectivity index (χ3n) is 3.25. The van der Waals surface area contributed by atoms with Gasteiger partial charge in [0.15, 0.2) is 0 Å². The van der Waals surface area contributed by atoms with Crippen LogP contribution in [0.15, 0.2) is 0 Å². The number of carboxylic acid groups (broad SMARTS) is 1. The fourth-order valence-electron chi connectivity index (χ4n) is 2.50. The van der Waals surface area contributed by atoms with E-state index in [1.807, 2.05) is 13.8 Å². The Morgan fingerprint density at radius 1 is 1.53 bits per heavy atom. The molecule has 4 heteroatoms. The zero-order valence-corrected chi connectivity index (χ0v) is 11.2. The monoisotopic (exact) mass is 243 g/mol. The summed E-state index contributed by atoms with van der Waals surface area (Å²) in [5.74, 6) is -0.575. The van der Waals surface area contributed by atoms with Gasteiger partial charge in [0.05, 0.1) is 6.10 Å². The Morgan fingerprint density at radius 2 is 2.24 bits per heavy atom. The Kier molecular flexibility index (Phi) is 5.92. The Morgan fingerprint density at radius 3 is 2.76 bits per heavy atom. The lowest BCUT2D eigenvalue weighted by atomic mass is 9.98. The second-order valence-electron chi connectivity index (χ2n) is 5.16. The van der Waals surface area contributed by atoms with Crippen LogP contribution in [0.25, 0.3) is 0 Å². The number of piperidine rings is 1. The van der Waals surface area contributed by atoms with Crippen LogP contribution in [0.4, 0.5) is 0 Å². The molecule has 1 N–H and O–H groups in total. The molecule has 1 aliphatic rings. The van der Waals surface area contributed by atoms with Crippen molar-refractivity contribution in [3.05, 3.63) is 0 Å². The van der Waals surface area contributed by atoms with Gasteiger partial charge in [0.1, 0.15) is 6.04 Å². The average Bonchev–Trinajstić information content (AvgIpc) is 2.26. The summed E-state index contributed by atoms with van der Waals surface area (Å²) in [5.41, 5.74) is 0. The number of hydrogen-bond acceptors (Lipinski definition) is 3. The van der Waals surface area contributed by atoms with E-state index in [-0.39, 0.29) is 18.1 Å². The SMILES string of the molecule is CCCOC1CCCN(C(C(=O)O)C(C)C)C1. The predicted octanol–water partition coefficient (Wildman–Crippen LogP) is 1.99. The number of carboxylic acids is 1. The second kappa shape index (κ2) is 6.97. The van der Waals surface area contributed by atoms with Crippen LogP contribution in [-0.2, 0) is 9.53 Å². The highest BCUT2D eigenvalue weighted by Crippen LogP contribution is 2.20. The minimum Gasteiger partial charge on any atom is -0.480 e. The second-order valence-corrected chi connectivity index (χ2v) is 5.16. The van der Waals surface area contributed by atoms with Gasteiger partial charge in [0, 0.05) is 13.2 Å². The molecule has 1 fully saturated rings. The molecule has 1 heterocycles. The topological polar surface area (TPSA) is 49.8 Å². The molecule has 0 aliphatic carbocycles. The van der Waals surface area contributed by atoms with Gasteiger partial charge in [0.2, 0.25) is 0 Å². The first-order chi connectivity index (χ1) is 8.06. The van der Waals surface area contributed by atoms with Gasteiger partial charge >= 0.3 is 5.97 Å². The molecule has 1 rings (SSSR count). The first kappa shape index (κ1) is 14.5. The highest BCUT2D eigenvalue weighted by Gasteiger charge is 2.32. The van der Waals surface area contributed by atoms with Crippen molar-refractivity contribution in [1.29, 1.82) is 0 Å². The summed E-state index contributed by atoms with van der Waals surface area (Å²) in [6.45, 7) is 8.44. The molecule has 1 aliphatic heterocycles. The fraction of sp³-hybridized carbons (Fsp3) is 0.923. The van der Waals surface area contributed by atoms with Crippen molar-refractivity contribution < 1.29 is 14.6 Å². The van der Waals surface area contributed by atoms with E-state index in [4.69, 9.17) is 4.74 Å². The van der Waals surface area contributed by atoms with Gasteiger partial charge in [-0.3, -0.25) is 9.69 Å². The van der Waals surface area contributed by atoms with E-state index in [0.717, 1.165) is 39.0 Å². The summed E-state index contributed by atoms with van der Waals surface area (Å²) in [6, 6.07) is -0.372. The molecule has 100 valence electrons. The van der Waals surface area contributed by atoms with Gasteiger partial charge in [-0.25, -0.2) is 0 Å². The molecule has 0 aromatic rings. The molecule has 17 heavy (non-hydrogen) atoms. The van der Waals surface area contributed by atoms with Gasteiger partial charge in [-0.1, -0.05) is 20.8 Å². The lowest BCUT2D eigenvalue weighted by Gasteiger charge is -2.37. The molecule has 4 nitrogen and oxygen atoms in total. The van der Waals surface area contributed by atoms with Crippen molar-refractivity contribution >= 4 is 5.97 Å². The molecule has 0 amide bonds. The highest BCUT2D eigenvalue weighted by molar-refractivity contribution is 5.73. The van der Waals surface area contributed by atoms with E-state index in [1.54, 1.807) is 0 Å². The smallest absolute Gasteiger partial charge is 0.321 e. The predicted molar refractivity (Wildman–Crippen MR) is 67.1 cm³/mol. The van der Waals surface area contributed by atoms with Crippen LogP contribution < -0.4 is 0 Å². The Bertz CT molecular complexity index is 243. The molecule has 0 saturated carbocycles. The van der Waals surface area contributed by atoms with E-state index in [0.29, 0.717) is 0 Å². The Labute approximate surface area is 104 Å². The summed E-state index contributed by atoms with van der Waals surface area (Å²) in [7, 11) is 0. The van der Waals surface area contributed by atoms with E-state index in [1.165, 1.54) is 0 Å². The maximum absolute atomic E-state index is 11.3. The number of ether oxygens (including phenoxy) is 1. The van der Waals surface area contributed by atoms with Crippen molar-refractivity contribution in [2.45, 2.75) is 52.2 Å². The summed E-state index contributed by atoms with van der Waals surface area (Å²) < 4.78 is 5.74. The maximum Gasteiger partial charge on any atom is 0.321 e.